The molecule has 2 atom stereocenters. The highest BCUT2D eigenvalue weighted by Gasteiger charge is 2.31. The van der Waals surface area contributed by atoms with E-state index in [1.54, 1.807) is 13.1 Å². The zero-order valence-corrected chi connectivity index (χ0v) is 12.6. The summed E-state index contributed by atoms with van der Waals surface area (Å²) in [6.45, 7) is 0.175. The molecule has 1 fully saturated rings. The number of alkyl halides is 3. The van der Waals surface area contributed by atoms with Gasteiger partial charge in [0.05, 0.1) is 5.56 Å². The minimum atomic E-state index is -4.37. The lowest BCUT2D eigenvalue weighted by Gasteiger charge is -2.29. The summed E-state index contributed by atoms with van der Waals surface area (Å²) in [5, 5.41) is 0. The first-order valence-corrected chi connectivity index (χ1v) is 7.44. The van der Waals surface area contributed by atoms with Gasteiger partial charge in [-0.3, -0.25) is 4.79 Å². The molecule has 1 amide bonds. The number of amides is 1. The fraction of sp³-hybridized carbons (Fsp3) is 0.562. The Morgan fingerprint density at radius 1 is 1.36 bits per heavy atom. The van der Waals surface area contributed by atoms with Gasteiger partial charge in [-0.25, -0.2) is 0 Å². The number of hydrogen-bond donors (Lipinski definition) is 1. The Hall–Kier alpha value is -1.56. The third kappa shape index (κ3) is 4.22. The minimum absolute atomic E-state index is 0.0347. The molecule has 0 saturated heterocycles. The number of hydrogen-bond acceptors (Lipinski definition) is 2. The first-order chi connectivity index (χ1) is 10.3. The van der Waals surface area contributed by atoms with Crippen LogP contribution in [0.3, 0.4) is 0 Å². The molecule has 3 nitrogen and oxygen atoms in total. The molecule has 1 aliphatic carbocycles. The summed E-state index contributed by atoms with van der Waals surface area (Å²) in [5.41, 5.74) is 5.68. The van der Waals surface area contributed by atoms with Crippen LogP contribution < -0.4 is 5.73 Å². The predicted molar refractivity (Wildman–Crippen MR) is 77.9 cm³/mol. The van der Waals surface area contributed by atoms with Gasteiger partial charge >= 0.3 is 6.18 Å². The maximum Gasteiger partial charge on any atom is 0.416 e. The number of nitrogens with two attached hydrogens (primary N) is 1. The van der Waals surface area contributed by atoms with E-state index in [9.17, 15) is 18.0 Å². The summed E-state index contributed by atoms with van der Waals surface area (Å²) in [4.78, 5) is 13.9. The van der Waals surface area contributed by atoms with E-state index in [-0.39, 0.29) is 24.4 Å². The topological polar surface area (TPSA) is 46.3 Å². The van der Waals surface area contributed by atoms with E-state index in [2.05, 4.69) is 0 Å². The van der Waals surface area contributed by atoms with Gasteiger partial charge in [0.15, 0.2) is 0 Å². The molecule has 0 aliphatic heterocycles. The molecule has 2 unspecified atom stereocenters. The number of nitrogens with zero attached hydrogens (tertiary/aromatic N) is 1. The lowest BCUT2D eigenvalue weighted by atomic mass is 9.85. The van der Waals surface area contributed by atoms with Crippen molar-refractivity contribution in [3.05, 3.63) is 35.4 Å². The van der Waals surface area contributed by atoms with E-state index in [0.717, 1.165) is 31.4 Å². The first kappa shape index (κ1) is 16.8. The molecule has 2 N–H and O–H groups in total. The lowest BCUT2D eigenvalue weighted by molar-refractivity contribution is -0.137. The van der Waals surface area contributed by atoms with Gasteiger partial charge in [0.2, 0.25) is 5.91 Å². The van der Waals surface area contributed by atoms with Crippen LogP contribution in [0, 0.1) is 5.92 Å². The Bertz CT molecular complexity index is 530. The molecule has 0 spiro atoms. The van der Waals surface area contributed by atoms with Gasteiger partial charge in [-0.05, 0) is 37.0 Å². The highest BCUT2D eigenvalue weighted by molar-refractivity contribution is 5.78. The minimum Gasteiger partial charge on any atom is -0.341 e. The van der Waals surface area contributed by atoms with E-state index >= 15 is 0 Å². The molecule has 6 heteroatoms. The third-order valence-corrected chi connectivity index (χ3v) is 4.11. The maximum absolute atomic E-state index is 12.7. The van der Waals surface area contributed by atoms with Crippen LogP contribution in [0.4, 0.5) is 13.2 Å². The maximum atomic E-state index is 12.7. The van der Waals surface area contributed by atoms with Crippen molar-refractivity contribution in [3.8, 4) is 0 Å². The molecule has 0 radical (unpaired) electrons. The zero-order chi connectivity index (χ0) is 16.3. The third-order valence-electron chi connectivity index (χ3n) is 4.11. The predicted octanol–water partition coefficient (Wildman–Crippen LogP) is 3.18. The van der Waals surface area contributed by atoms with E-state index in [4.69, 9.17) is 5.73 Å². The molecule has 22 heavy (non-hydrogen) atoms. The molecule has 0 bridgehead atoms. The van der Waals surface area contributed by atoms with Crippen molar-refractivity contribution in [1.82, 2.24) is 4.90 Å². The fourth-order valence-electron chi connectivity index (χ4n) is 2.96. The Labute approximate surface area is 128 Å². The number of carbonyl (C=O) groups excluding carboxylic acids is 1. The summed E-state index contributed by atoms with van der Waals surface area (Å²) < 4.78 is 38.1. The van der Waals surface area contributed by atoms with Crippen molar-refractivity contribution in [2.45, 2.75) is 44.4 Å². The van der Waals surface area contributed by atoms with Crippen LogP contribution in [0.15, 0.2) is 24.3 Å². The van der Waals surface area contributed by atoms with Crippen molar-refractivity contribution in [3.63, 3.8) is 0 Å². The Balaban J connectivity index is 2.02. The summed E-state index contributed by atoms with van der Waals surface area (Å²) in [5.74, 6) is -0.146. The molecule has 2 rings (SSSR count). The molecule has 1 aromatic rings. The Morgan fingerprint density at radius 2 is 2.09 bits per heavy atom. The van der Waals surface area contributed by atoms with Crippen molar-refractivity contribution in [2.24, 2.45) is 11.7 Å². The first-order valence-electron chi connectivity index (χ1n) is 7.44. The summed E-state index contributed by atoms with van der Waals surface area (Å²) >= 11 is 0. The standard InChI is InChI=1S/C16H21F3N2O/c1-21(15(22)12-5-3-7-14(20)9-12)10-11-4-2-6-13(8-11)16(17,18)19/h2,4,6,8,12,14H,3,5,7,9-10,20H2,1H3. The van der Waals surface area contributed by atoms with E-state index < -0.39 is 11.7 Å². The van der Waals surface area contributed by atoms with Gasteiger partial charge in [-0.15, -0.1) is 0 Å². The summed E-state index contributed by atoms with van der Waals surface area (Å²) in [7, 11) is 1.63. The zero-order valence-electron chi connectivity index (χ0n) is 12.6. The van der Waals surface area contributed by atoms with Crippen LogP contribution >= 0.6 is 0 Å². The second-order valence-corrected chi connectivity index (χ2v) is 6.02. The number of carbonyl (C=O) groups is 1. The van der Waals surface area contributed by atoms with Gasteiger partial charge in [0, 0.05) is 25.6 Å². The van der Waals surface area contributed by atoms with Crippen LogP contribution in [-0.4, -0.2) is 23.9 Å². The second-order valence-electron chi connectivity index (χ2n) is 6.02. The number of rotatable bonds is 3. The highest BCUT2D eigenvalue weighted by atomic mass is 19.4. The van der Waals surface area contributed by atoms with Crippen LogP contribution in [-0.2, 0) is 17.5 Å². The van der Waals surface area contributed by atoms with Crippen molar-refractivity contribution in [2.75, 3.05) is 7.05 Å². The SMILES string of the molecule is CN(Cc1cccc(C(F)(F)F)c1)C(=O)C1CCCC(N)C1. The smallest absolute Gasteiger partial charge is 0.341 e. The molecular formula is C16H21F3N2O. The van der Waals surface area contributed by atoms with E-state index in [1.165, 1.54) is 11.0 Å². The summed E-state index contributed by atoms with van der Waals surface area (Å²) in [6, 6.07) is 5.14. The monoisotopic (exact) mass is 314 g/mol. The summed E-state index contributed by atoms with van der Waals surface area (Å²) in [6.07, 6.45) is -1.05. The normalized spacial score (nSPS) is 22.4. The van der Waals surface area contributed by atoms with Crippen LogP contribution in [0.2, 0.25) is 0 Å². The van der Waals surface area contributed by atoms with Crippen molar-refractivity contribution >= 4 is 5.91 Å². The molecular weight excluding hydrogens is 293 g/mol. The molecule has 1 aromatic carbocycles. The van der Waals surface area contributed by atoms with Crippen molar-refractivity contribution in [1.29, 1.82) is 0 Å². The lowest BCUT2D eigenvalue weighted by Crippen LogP contribution is -2.38. The average molecular weight is 314 g/mol. The molecule has 1 aliphatic rings. The van der Waals surface area contributed by atoms with Crippen LogP contribution in [0.1, 0.15) is 36.8 Å². The van der Waals surface area contributed by atoms with Gasteiger partial charge < -0.3 is 10.6 Å². The van der Waals surface area contributed by atoms with Gasteiger partial charge in [-0.1, -0.05) is 18.6 Å². The number of benzene rings is 1. The molecule has 0 heterocycles. The Kier molecular flexibility index (Phi) is 5.11. The van der Waals surface area contributed by atoms with Crippen molar-refractivity contribution < 1.29 is 18.0 Å². The molecule has 0 aromatic heterocycles. The van der Waals surface area contributed by atoms with Crippen LogP contribution in [0.25, 0.3) is 0 Å². The quantitative estimate of drug-likeness (QED) is 0.931. The van der Waals surface area contributed by atoms with E-state index in [1.807, 2.05) is 0 Å². The van der Waals surface area contributed by atoms with Gasteiger partial charge in [0.1, 0.15) is 0 Å². The molecule has 122 valence electrons. The Morgan fingerprint density at radius 3 is 2.73 bits per heavy atom. The fourth-order valence-corrected chi connectivity index (χ4v) is 2.96. The highest BCUT2D eigenvalue weighted by Crippen LogP contribution is 2.30. The largest absolute Gasteiger partial charge is 0.416 e. The average Bonchev–Trinajstić information content (AvgIpc) is 2.46. The second kappa shape index (κ2) is 6.69. The number of halogens is 3. The van der Waals surface area contributed by atoms with Crippen LogP contribution in [0.5, 0.6) is 0 Å². The van der Waals surface area contributed by atoms with Gasteiger partial charge in [-0.2, -0.15) is 13.2 Å². The van der Waals surface area contributed by atoms with Gasteiger partial charge in [0.25, 0.3) is 0 Å². The molecule has 1 saturated carbocycles. The van der Waals surface area contributed by atoms with E-state index in [0.29, 0.717) is 12.0 Å².